The van der Waals surface area contributed by atoms with Crippen molar-refractivity contribution in [2.75, 3.05) is 13.2 Å². The molecule has 0 aliphatic carbocycles. The van der Waals surface area contributed by atoms with Crippen LogP contribution in [-0.2, 0) is 27.5 Å². The molecule has 0 radical (unpaired) electrons. The highest BCUT2D eigenvalue weighted by Gasteiger charge is 2.74. The Kier molecular flexibility index (Phi) is 6.87. The van der Waals surface area contributed by atoms with Crippen molar-refractivity contribution in [1.82, 2.24) is 24.8 Å². The Bertz CT molecular complexity index is 1460. The zero-order chi connectivity index (χ0) is 28.0. The molecule has 2 N–H and O–H groups in total. The second-order valence-corrected chi connectivity index (χ2v) is 12.3. The summed E-state index contributed by atoms with van der Waals surface area (Å²) in [6.45, 7) is 3.78. The van der Waals surface area contributed by atoms with E-state index in [1.807, 2.05) is 54.6 Å². The van der Waals surface area contributed by atoms with Gasteiger partial charge in [-0.25, -0.2) is 4.68 Å². The predicted molar refractivity (Wildman–Crippen MR) is 149 cm³/mol. The molecule has 3 aliphatic heterocycles. The summed E-state index contributed by atoms with van der Waals surface area (Å²) in [5.41, 5.74) is 2.38. The van der Waals surface area contributed by atoms with Gasteiger partial charge >= 0.3 is 5.97 Å². The quantitative estimate of drug-likeness (QED) is 0.361. The minimum atomic E-state index is -1.01. The van der Waals surface area contributed by atoms with E-state index in [0.717, 1.165) is 11.1 Å². The number of aliphatic carboxylic acids is 1. The molecule has 6 rings (SSSR count). The Labute approximate surface area is 235 Å². The van der Waals surface area contributed by atoms with Crippen LogP contribution in [0.1, 0.15) is 18.4 Å². The molecule has 2 bridgehead atoms. The lowest BCUT2D eigenvalue weighted by Crippen LogP contribution is -2.58. The van der Waals surface area contributed by atoms with E-state index in [4.69, 9.17) is 0 Å². The number of thioether (sulfide) groups is 1. The number of rotatable bonds is 10. The van der Waals surface area contributed by atoms with Gasteiger partial charge in [-0.15, -0.1) is 23.4 Å². The molecular weight excluding hydrogens is 530 g/mol. The number of carbonyl (C=O) groups excluding carboxylic acids is 2. The molecule has 208 valence electrons. The van der Waals surface area contributed by atoms with Gasteiger partial charge in [-0.3, -0.25) is 14.4 Å². The Morgan fingerprint density at radius 3 is 2.67 bits per heavy atom. The van der Waals surface area contributed by atoms with Gasteiger partial charge in [-0.1, -0.05) is 53.8 Å². The van der Waals surface area contributed by atoms with Crippen LogP contribution in [0.3, 0.4) is 0 Å². The highest BCUT2D eigenvalue weighted by atomic mass is 32.2. The number of benzene rings is 2. The van der Waals surface area contributed by atoms with Crippen molar-refractivity contribution >= 4 is 40.6 Å². The van der Waals surface area contributed by atoms with E-state index in [0.29, 0.717) is 24.8 Å². The third kappa shape index (κ3) is 4.10. The van der Waals surface area contributed by atoms with Gasteiger partial charge in [0.1, 0.15) is 18.2 Å². The van der Waals surface area contributed by atoms with Crippen molar-refractivity contribution in [3.8, 4) is 0 Å². The Morgan fingerprint density at radius 1 is 1.20 bits per heavy atom. The fourth-order valence-corrected chi connectivity index (χ4v) is 9.10. The second-order valence-electron chi connectivity index (χ2n) is 10.7. The van der Waals surface area contributed by atoms with Gasteiger partial charge in [0.05, 0.1) is 34.7 Å². The normalized spacial score (nSPS) is 27.6. The average Bonchev–Trinajstić information content (AvgIpc) is 3.71. The van der Waals surface area contributed by atoms with Crippen LogP contribution >= 0.6 is 11.8 Å². The number of hydrogen-bond acceptors (Lipinski definition) is 7. The average molecular weight is 562 g/mol. The van der Waals surface area contributed by atoms with Crippen molar-refractivity contribution in [1.29, 1.82) is 0 Å². The van der Waals surface area contributed by atoms with E-state index < -0.39 is 34.6 Å². The molecule has 1 spiro atoms. The SMILES string of the molecule is C=CCN(Cn1nnc2ccccc21)C(=O)C1N([C@@H](CO)Cc2ccccc2)C(=O)[C@@H]2[C@H](C(=O)O)[C@@H]3CCC12S3. The van der Waals surface area contributed by atoms with E-state index >= 15 is 0 Å². The van der Waals surface area contributed by atoms with Gasteiger partial charge in [0, 0.05) is 11.8 Å². The number of hydrogen-bond donors (Lipinski definition) is 2. The number of likely N-dealkylation sites (tertiary alicyclic amines) is 1. The summed E-state index contributed by atoms with van der Waals surface area (Å²) in [5.74, 6) is -3.37. The third-order valence-electron chi connectivity index (χ3n) is 8.56. The Morgan fingerprint density at radius 2 is 1.95 bits per heavy atom. The Hall–Kier alpha value is -3.70. The maximum Gasteiger partial charge on any atom is 0.308 e. The van der Waals surface area contributed by atoms with Crippen molar-refractivity contribution in [2.45, 2.75) is 48.0 Å². The van der Waals surface area contributed by atoms with Crippen LogP contribution < -0.4 is 0 Å². The largest absolute Gasteiger partial charge is 0.481 e. The number of carboxylic acids is 1. The monoisotopic (exact) mass is 561 g/mol. The van der Waals surface area contributed by atoms with E-state index in [1.54, 1.807) is 15.7 Å². The van der Waals surface area contributed by atoms with Crippen LogP contribution in [-0.4, -0.2) is 88.0 Å². The lowest BCUT2D eigenvalue weighted by Gasteiger charge is -2.39. The van der Waals surface area contributed by atoms with E-state index in [-0.39, 0.29) is 36.9 Å². The summed E-state index contributed by atoms with van der Waals surface area (Å²) in [6.07, 6.45) is 3.16. The first kappa shape index (κ1) is 26.5. The third-order valence-corrected chi connectivity index (χ3v) is 10.5. The van der Waals surface area contributed by atoms with Crippen LogP contribution in [0, 0.1) is 11.8 Å². The lowest BCUT2D eigenvalue weighted by molar-refractivity contribution is -0.150. The van der Waals surface area contributed by atoms with E-state index in [2.05, 4.69) is 16.9 Å². The minimum absolute atomic E-state index is 0.0869. The first-order valence-electron chi connectivity index (χ1n) is 13.4. The number of para-hydroxylation sites is 1. The molecular formula is C29H31N5O5S. The predicted octanol–water partition coefficient (Wildman–Crippen LogP) is 2.18. The number of fused-ring (bicyclic) bond motifs is 2. The first-order valence-corrected chi connectivity index (χ1v) is 14.3. The smallest absolute Gasteiger partial charge is 0.308 e. The molecule has 11 heteroatoms. The maximum absolute atomic E-state index is 14.6. The molecule has 10 nitrogen and oxygen atoms in total. The lowest BCUT2D eigenvalue weighted by atomic mass is 9.71. The number of aliphatic hydroxyl groups is 1. The molecule has 6 atom stereocenters. The molecule has 3 saturated heterocycles. The van der Waals surface area contributed by atoms with Crippen molar-refractivity contribution < 1.29 is 24.6 Å². The molecule has 1 aromatic heterocycles. The molecule has 2 amide bonds. The van der Waals surface area contributed by atoms with Crippen molar-refractivity contribution in [2.24, 2.45) is 11.8 Å². The van der Waals surface area contributed by atoms with Gasteiger partial charge in [0.25, 0.3) is 0 Å². The maximum atomic E-state index is 14.6. The summed E-state index contributed by atoms with van der Waals surface area (Å²) in [5, 5.41) is 28.9. The summed E-state index contributed by atoms with van der Waals surface area (Å²) in [7, 11) is 0. The Balaban J connectivity index is 1.41. The topological polar surface area (TPSA) is 129 Å². The summed E-state index contributed by atoms with van der Waals surface area (Å²) in [6, 6.07) is 15.3. The molecule has 0 saturated carbocycles. The van der Waals surface area contributed by atoms with Crippen molar-refractivity contribution in [3.05, 3.63) is 72.8 Å². The van der Waals surface area contributed by atoms with E-state index in [9.17, 15) is 24.6 Å². The van der Waals surface area contributed by atoms with Crippen LogP contribution in [0.2, 0.25) is 0 Å². The molecule has 4 heterocycles. The van der Waals surface area contributed by atoms with Gasteiger partial charge in [0.2, 0.25) is 11.8 Å². The highest BCUT2D eigenvalue weighted by Crippen LogP contribution is 2.66. The van der Waals surface area contributed by atoms with E-state index in [1.165, 1.54) is 16.7 Å². The van der Waals surface area contributed by atoms with Crippen LogP contribution in [0.5, 0.6) is 0 Å². The highest BCUT2D eigenvalue weighted by molar-refractivity contribution is 8.02. The molecule has 2 aromatic carbocycles. The summed E-state index contributed by atoms with van der Waals surface area (Å²) < 4.78 is 0.760. The van der Waals surface area contributed by atoms with Gasteiger partial charge in [0.15, 0.2) is 0 Å². The zero-order valence-corrected chi connectivity index (χ0v) is 22.7. The second kappa shape index (κ2) is 10.4. The fraction of sp³-hybridized carbons (Fsp3) is 0.414. The number of nitrogens with zero attached hydrogens (tertiary/aromatic N) is 5. The van der Waals surface area contributed by atoms with Crippen LogP contribution in [0.25, 0.3) is 11.0 Å². The van der Waals surface area contributed by atoms with Crippen LogP contribution in [0.4, 0.5) is 0 Å². The number of carbonyl (C=O) groups is 3. The summed E-state index contributed by atoms with van der Waals surface area (Å²) in [4.78, 5) is 44.3. The zero-order valence-electron chi connectivity index (χ0n) is 21.9. The first-order chi connectivity index (χ1) is 19.4. The van der Waals surface area contributed by atoms with Gasteiger partial charge < -0.3 is 20.0 Å². The molecule has 3 aliphatic rings. The molecule has 40 heavy (non-hydrogen) atoms. The van der Waals surface area contributed by atoms with Crippen molar-refractivity contribution in [3.63, 3.8) is 0 Å². The minimum Gasteiger partial charge on any atom is -0.481 e. The fourth-order valence-electron chi connectivity index (χ4n) is 6.91. The van der Waals surface area contributed by atoms with Crippen LogP contribution in [0.15, 0.2) is 67.3 Å². The number of aromatic nitrogens is 3. The summed E-state index contributed by atoms with van der Waals surface area (Å²) >= 11 is 1.48. The standard InChI is InChI=1S/C29H31N5O5S/c1-2-14-32(17-33-21-11-7-6-10-20(21)30-31-33)27(37)25-29-13-12-22(40-29)23(28(38)39)24(29)26(36)34(25)19(16-35)15-18-8-4-3-5-9-18/h2-11,19,22-25,35H,1,12-17H2,(H,38,39)/t19-,22+,23-,24+,25?,29?/m1/s1. The van der Waals surface area contributed by atoms with Gasteiger partial charge in [-0.2, -0.15) is 0 Å². The number of amides is 2. The molecule has 3 aromatic rings. The molecule has 3 fully saturated rings. The number of carboxylic acid groups (broad SMARTS) is 1. The van der Waals surface area contributed by atoms with Gasteiger partial charge in [-0.05, 0) is 37.0 Å². The number of aliphatic hydroxyl groups excluding tert-OH is 1. The molecule has 2 unspecified atom stereocenters.